The van der Waals surface area contributed by atoms with Crippen molar-refractivity contribution in [2.75, 3.05) is 20.6 Å². The van der Waals surface area contributed by atoms with Crippen LogP contribution >= 0.6 is 0 Å². The van der Waals surface area contributed by atoms with Crippen molar-refractivity contribution in [1.82, 2.24) is 10.2 Å². The Morgan fingerprint density at radius 3 is 2.38 bits per heavy atom. The Morgan fingerprint density at radius 1 is 1.04 bits per heavy atom. The molecule has 5 nitrogen and oxygen atoms in total. The molecule has 2 N–H and O–H groups in total. The molecule has 0 radical (unpaired) electrons. The van der Waals surface area contributed by atoms with Crippen LogP contribution in [-0.4, -0.2) is 48.6 Å². The minimum Gasteiger partial charge on any atom is -0.480 e. The topological polar surface area (TPSA) is 69.6 Å². The first-order valence-electron chi connectivity index (χ1n) is 9.30. The van der Waals surface area contributed by atoms with E-state index in [9.17, 15) is 9.59 Å². The molecule has 5 heteroatoms. The molecule has 0 saturated carbocycles. The van der Waals surface area contributed by atoms with Crippen LogP contribution in [0.15, 0.2) is 12.2 Å². The minimum absolute atomic E-state index is 0.114. The molecule has 1 atom stereocenters. The number of nitrogens with one attached hydrogen (secondary N) is 1. The Kier molecular flexibility index (Phi) is 14.3. The quantitative estimate of drug-likeness (QED) is 0.353. The maximum absolute atomic E-state index is 11.7. The number of unbranched alkanes of at least 4 members (excludes halogenated alkanes) is 5. The number of nitrogens with zero attached hydrogens (tertiary/aromatic N) is 1. The largest absolute Gasteiger partial charge is 0.480 e. The Bertz CT molecular complexity index is 368. The highest BCUT2D eigenvalue weighted by atomic mass is 16.4. The first kappa shape index (κ1) is 22.6. The van der Waals surface area contributed by atoms with E-state index in [1.54, 1.807) is 19.0 Å². The van der Waals surface area contributed by atoms with Gasteiger partial charge in [0, 0.05) is 13.0 Å². The van der Waals surface area contributed by atoms with Crippen LogP contribution in [0.2, 0.25) is 0 Å². The van der Waals surface area contributed by atoms with E-state index in [-0.39, 0.29) is 5.91 Å². The Hall–Kier alpha value is -1.36. The molecule has 0 spiro atoms. The van der Waals surface area contributed by atoms with Gasteiger partial charge < -0.3 is 10.4 Å². The molecule has 1 amide bonds. The lowest BCUT2D eigenvalue weighted by Crippen LogP contribution is -2.35. The summed E-state index contributed by atoms with van der Waals surface area (Å²) in [5, 5.41) is 12.0. The number of allylic oxidation sites excluding steroid dienone is 2. The second kappa shape index (κ2) is 15.2. The summed E-state index contributed by atoms with van der Waals surface area (Å²) < 4.78 is 0. The van der Waals surface area contributed by atoms with Crippen LogP contribution < -0.4 is 5.32 Å². The Morgan fingerprint density at radius 2 is 1.75 bits per heavy atom. The van der Waals surface area contributed by atoms with E-state index >= 15 is 0 Å². The number of aliphatic carboxylic acids is 1. The fourth-order valence-corrected chi connectivity index (χ4v) is 2.57. The van der Waals surface area contributed by atoms with Crippen molar-refractivity contribution in [2.45, 2.75) is 77.2 Å². The average Bonchev–Trinajstić information content (AvgIpc) is 2.52. The van der Waals surface area contributed by atoms with E-state index in [0.717, 1.165) is 38.5 Å². The summed E-state index contributed by atoms with van der Waals surface area (Å²) in [5.74, 6) is -0.669. The fourth-order valence-electron chi connectivity index (χ4n) is 2.57. The first-order valence-corrected chi connectivity index (χ1v) is 9.30. The number of rotatable bonds is 15. The molecule has 0 aromatic carbocycles. The summed E-state index contributed by atoms with van der Waals surface area (Å²) in [5.41, 5.74) is 0. The lowest BCUT2D eigenvalue weighted by Gasteiger charge is -2.19. The van der Waals surface area contributed by atoms with Crippen LogP contribution in [0.25, 0.3) is 0 Å². The summed E-state index contributed by atoms with van der Waals surface area (Å²) >= 11 is 0. The van der Waals surface area contributed by atoms with Crippen LogP contribution in [-0.2, 0) is 9.59 Å². The zero-order valence-corrected chi connectivity index (χ0v) is 15.7. The lowest BCUT2D eigenvalue weighted by atomic mass is 10.1. The molecule has 0 saturated heterocycles. The fraction of sp³-hybridized carbons (Fsp3) is 0.789. The van der Waals surface area contributed by atoms with Gasteiger partial charge in [0.15, 0.2) is 0 Å². The number of hydrogen-bond acceptors (Lipinski definition) is 3. The van der Waals surface area contributed by atoms with Gasteiger partial charge in [-0.2, -0.15) is 0 Å². The molecule has 24 heavy (non-hydrogen) atoms. The molecule has 0 heterocycles. The molecule has 0 fully saturated rings. The maximum atomic E-state index is 11.7. The molecule has 0 aliphatic carbocycles. The van der Waals surface area contributed by atoms with Crippen molar-refractivity contribution >= 4 is 11.9 Å². The predicted molar refractivity (Wildman–Crippen MR) is 99.1 cm³/mol. The van der Waals surface area contributed by atoms with Gasteiger partial charge in [-0.05, 0) is 59.0 Å². The van der Waals surface area contributed by atoms with E-state index in [1.165, 1.54) is 12.8 Å². The smallest absolute Gasteiger partial charge is 0.320 e. The molecule has 0 aliphatic heterocycles. The van der Waals surface area contributed by atoms with Gasteiger partial charge in [-0.25, -0.2) is 0 Å². The van der Waals surface area contributed by atoms with E-state index in [4.69, 9.17) is 5.11 Å². The zero-order chi connectivity index (χ0) is 18.2. The molecule has 0 aliphatic rings. The van der Waals surface area contributed by atoms with Crippen molar-refractivity contribution in [3.05, 3.63) is 12.2 Å². The van der Waals surface area contributed by atoms with E-state index in [2.05, 4.69) is 24.4 Å². The van der Waals surface area contributed by atoms with E-state index in [0.29, 0.717) is 19.4 Å². The highest BCUT2D eigenvalue weighted by Crippen LogP contribution is 2.07. The molecule has 0 aromatic heterocycles. The van der Waals surface area contributed by atoms with Crippen LogP contribution in [0.1, 0.15) is 71.1 Å². The predicted octanol–water partition coefficient (Wildman–Crippen LogP) is 3.59. The summed E-state index contributed by atoms with van der Waals surface area (Å²) in [6.45, 7) is 2.78. The summed E-state index contributed by atoms with van der Waals surface area (Å²) in [6, 6.07) is -0.437. The summed E-state index contributed by atoms with van der Waals surface area (Å²) in [6.07, 6.45) is 14.0. The number of amides is 1. The van der Waals surface area contributed by atoms with Crippen molar-refractivity contribution < 1.29 is 14.7 Å². The minimum atomic E-state index is -0.783. The SMILES string of the molecule is CC/C=C/CCCCCCC(=O)NCCCC[C@@H](C(=O)O)N(C)C. The molecule has 140 valence electrons. The third-order valence-electron chi connectivity index (χ3n) is 4.06. The van der Waals surface area contributed by atoms with Gasteiger partial charge in [0.05, 0.1) is 0 Å². The van der Waals surface area contributed by atoms with Gasteiger partial charge in [-0.3, -0.25) is 14.5 Å². The summed E-state index contributed by atoms with van der Waals surface area (Å²) in [7, 11) is 3.56. The summed E-state index contributed by atoms with van der Waals surface area (Å²) in [4.78, 5) is 24.5. The van der Waals surface area contributed by atoms with Crippen LogP contribution in [0.5, 0.6) is 0 Å². The van der Waals surface area contributed by atoms with Crippen molar-refractivity contribution in [3.63, 3.8) is 0 Å². The molecule has 0 rings (SSSR count). The monoisotopic (exact) mass is 340 g/mol. The molecule has 0 bridgehead atoms. The number of carbonyl (C=O) groups excluding carboxylic acids is 1. The zero-order valence-electron chi connectivity index (χ0n) is 15.7. The van der Waals surface area contributed by atoms with Crippen molar-refractivity contribution in [1.29, 1.82) is 0 Å². The average molecular weight is 341 g/mol. The standard InChI is InChI=1S/C19H36N2O3/c1-4-5-6-7-8-9-10-11-15-18(22)20-16-13-12-14-17(19(23)24)21(2)3/h5-6,17H,4,7-16H2,1-3H3,(H,20,22)(H,23,24)/b6-5+/t17-/m0/s1. The van der Waals surface area contributed by atoms with Crippen LogP contribution in [0, 0.1) is 0 Å². The molecule has 0 unspecified atom stereocenters. The number of hydrogen-bond donors (Lipinski definition) is 2. The third-order valence-corrected chi connectivity index (χ3v) is 4.06. The van der Waals surface area contributed by atoms with Gasteiger partial charge >= 0.3 is 5.97 Å². The van der Waals surface area contributed by atoms with Crippen molar-refractivity contribution in [3.8, 4) is 0 Å². The maximum Gasteiger partial charge on any atom is 0.320 e. The molecule has 0 aromatic rings. The third kappa shape index (κ3) is 13.1. The molecular weight excluding hydrogens is 304 g/mol. The number of carboxylic acids is 1. The first-order chi connectivity index (χ1) is 11.5. The van der Waals surface area contributed by atoms with Crippen LogP contribution in [0.4, 0.5) is 0 Å². The highest BCUT2D eigenvalue weighted by molar-refractivity contribution is 5.75. The second-order valence-electron chi connectivity index (χ2n) is 6.50. The van der Waals surface area contributed by atoms with Crippen molar-refractivity contribution in [2.24, 2.45) is 0 Å². The van der Waals surface area contributed by atoms with Gasteiger partial charge in [0.1, 0.15) is 6.04 Å². The second-order valence-corrected chi connectivity index (χ2v) is 6.50. The number of carbonyl (C=O) groups is 2. The van der Waals surface area contributed by atoms with Gasteiger partial charge in [0.25, 0.3) is 0 Å². The Labute approximate surface area is 147 Å². The Balaban J connectivity index is 3.50. The van der Waals surface area contributed by atoms with Gasteiger partial charge in [-0.1, -0.05) is 31.9 Å². The lowest BCUT2D eigenvalue weighted by molar-refractivity contribution is -0.142. The van der Waals surface area contributed by atoms with Crippen LogP contribution in [0.3, 0.4) is 0 Å². The van der Waals surface area contributed by atoms with Gasteiger partial charge in [-0.15, -0.1) is 0 Å². The number of likely N-dealkylation sites (N-methyl/N-ethyl adjacent to an activating group) is 1. The van der Waals surface area contributed by atoms with E-state index in [1.807, 2.05) is 0 Å². The van der Waals surface area contributed by atoms with Gasteiger partial charge in [0.2, 0.25) is 5.91 Å². The number of carboxylic acid groups (broad SMARTS) is 1. The normalized spacial score (nSPS) is 12.7. The molecular formula is C19H36N2O3. The highest BCUT2D eigenvalue weighted by Gasteiger charge is 2.18. The van der Waals surface area contributed by atoms with E-state index < -0.39 is 12.0 Å².